The average Bonchev–Trinajstić information content (AvgIpc) is 2.06. The summed E-state index contributed by atoms with van der Waals surface area (Å²) >= 11 is 0. The van der Waals surface area contributed by atoms with Crippen molar-refractivity contribution in [1.82, 2.24) is 4.98 Å². The summed E-state index contributed by atoms with van der Waals surface area (Å²) in [5, 5.41) is 9.36. The molecule has 2 nitrogen and oxygen atoms in total. The summed E-state index contributed by atoms with van der Waals surface area (Å²) in [4.78, 5) is 4.08. The average molecular weight is 147 g/mol. The standard InChI is InChI=1S/C9H9NO/c11-8-5-1-3-7-4-2-6-10-9(7)8/h2,4-6,11H,1,3H2. The van der Waals surface area contributed by atoms with Gasteiger partial charge in [0.25, 0.3) is 0 Å². The Morgan fingerprint density at radius 1 is 1.45 bits per heavy atom. The lowest BCUT2D eigenvalue weighted by atomic mass is 10.0. The van der Waals surface area contributed by atoms with E-state index in [4.69, 9.17) is 0 Å². The molecule has 0 atom stereocenters. The van der Waals surface area contributed by atoms with Crippen molar-refractivity contribution < 1.29 is 5.11 Å². The third-order valence-corrected chi connectivity index (χ3v) is 1.89. The number of aliphatic hydroxyl groups is 1. The molecule has 0 saturated carbocycles. The topological polar surface area (TPSA) is 33.1 Å². The van der Waals surface area contributed by atoms with Gasteiger partial charge in [-0.05, 0) is 30.5 Å². The highest BCUT2D eigenvalue weighted by atomic mass is 16.3. The SMILES string of the molecule is OC1=CCCc2cccnc21. The van der Waals surface area contributed by atoms with Gasteiger partial charge in [-0.1, -0.05) is 6.07 Å². The first kappa shape index (κ1) is 6.40. The van der Waals surface area contributed by atoms with Gasteiger partial charge in [0.15, 0.2) is 0 Å². The number of aryl methyl sites for hydroxylation is 1. The molecule has 2 rings (SSSR count). The van der Waals surface area contributed by atoms with Crippen LogP contribution >= 0.6 is 0 Å². The van der Waals surface area contributed by atoms with Crippen molar-refractivity contribution in [3.05, 3.63) is 35.7 Å². The fourth-order valence-corrected chi connectivity index (χ4v) is 1.33. The summed E-state index contributed by atoms with van der Waals surface area (Å²) in [5.74, 6) is 0.326. The van der Waals surface area contributed by atoms with Crippen LogP contribution in [-0.4, -0.2) is 10.1 Å². The van der Waals surface area contributed by atoms with Crippen LogP contribution in [0.25, 0.3) is 5.76 Å². The van der Waals surface area contributed by atoms with Gasteiger partial charge in [-0.3, -0.25) is 4.98 Å². The Hall–Kier alpha value is -1.31. The Kier molecular flexibility index (Phi) is 1.39. The number of allylic oxidation sites excluding steroid dienone is 1. The Labute approximate surface area is 65.2 Å². The predicted octanol–water partition coefficient (Wildman–Crippen LogP) is 1.93. The lowest BCUT2D eigenvalue weighted by molar-refractivity contribution is 0.501. The van der Waals surface area contributed by atoms with Crippen LogP contribution in [-0.2, 0) is 6.42 Å². The van der Waals surface area contributed by atoms with Crippen LogP contribution in [0.15, 0.2) is 24.4 Å². The fraction of sp³-hybridized carbons (Fsp3) is 0.222. The van der Waals surface area contributed by atoms with Crippen molar-refractivity contribution in [3.8, 4) is 0 Å². The van der Waals surface area contributed by atoms with Crippen LogP contribution < -0.4 is 0 Å². The molecule has 1 N–H and O–H groups in total. The number of rotatable bonds is 0. The van der Waals surface area contributed by atoms with E-state index >= 15 is 0 Å². The van der Waals surface area contributed by atoms with E-state index in [9.17, 15) is 5.11 Å². The Bertz CT molecular complexity index is 304. The molecule has 1 aliphatic carbocycles. The Balaban J connectivity index is 2.56. The van der Waals surface area contributed by atoms with E-state index in [-0.39, 0.29) is 0 Å². The largest absolute Gasteiger partial charge is 0.506 e. The minimum absolute atomic E-state index is 0.326. The number of nitrogens with zero attached hydrogens (tertiary/aromatic N) is 1. The molecule has 0 saturated heterocycles. The van der Waals surface area contributed by atoms with Gasteiger partial charge in [-0.2, -0.15) is 0 Å². The third-order valence-electron chi connectivity index (χ3n) is 1.89. The van der Waals surface area contributed by atoms with Gasteiger partial charge in [0.2, 0.25) is 0 Å². The predicted molar refractivity (Wildman–Crippen MR) is 43.2 cm³/mol. The van der Waals surface area contributed by atoms with E-state index < -0.39 is 0 Å². The molecule has 0 amide bonds. The zero-order chi connectivity index (χ0) is 7.68. The monoisotopic (exact) mass is 147 g/mol. The third kappa shape index (κ3) is 1.00. The number of hydrogen-bond donors (Lipinski definition) is 1. The molecule has 1 aliphatic rings. The quantitative estimate of drug-likeness (QED) is 0.608. The number of pyridine rings is 1. The number of aromatic nitrogens is 1. The summed E-state index contributed by atoms with van der Waals surface area (Å²) in [5.41, 5.74) is 1.89. The highest BCUT2D eigenvalue weighted by Gasteiger charge is 2.10. The van der Waals surface area contributed by atoms with Crippen LogP contribution in [0.1, 0.15) is 17.7 Å². The van der Waals surface area contributed by atoms with E-state index in [1.54, 1.807) is 6.20 Å². The zero-order valence-electron chi connectivity index (χ0n) is 6.12. The van der Waals surface area contributed by atoms with Gasteiger partial charge < -0.3 is 5.11 Å². The molecule has 0 fully saturated rings. The van der Waals surface area contributed by atoms with Gasteiger partial charge in [0, 0.05) is 6.20 Å². The normalized spacial score (nSPS) is 15.5. The molecule has 1 aromatic rings. The number of aliphatic hydroxyl groups excluding tert-OH is 1. The van der Waals surface area contributed by atoms with Crippen LogP contribution in [0.3, 0.4) is 0 Å². The number of fused-ring (bicyclic) bond motifs is 1. The maximum absolute atomic E-state index is 9.36. The molecule has 0 aliphatic heterocycles. The highest BCUT2D eigenvalue weighted by molar-refractivity contribution is 5.59. The molecule has 0 spiro atoms. The second kappa shape index (κ2) is 2.38. The van der Waals surface area contributed by atoms with Crippen LogP contribution in [0, 0.1) is 0 Å². The van der Waals surface area contributed by atoms with Gasteiger partial charge in [0.1, 0.15) is 11.5 Å². The molecule has 0 aromatic carbocycles. The fourth-order valence-electron chi connectivity index (χ4n) is 1.33. The molecule has 0 radical (unpaired) electrons. The van der Waals surface area contributed by atoms with Crippen LogP contribution in [0.5, 0.6) is 0 Å². The summed E-state index contributed by atoms with van der Waals surface area (Å²) in [6, 6.07) is 3.91. The molecule has 2 heteroatoms. The molecule has 1 heterocycles. The molecular formula is C9H9NO. The molecule has 1 aromatic heterocycles. The molecule has 11 heavy (non-hydrogen) atoms. The van der Waals surface area contributed by atoms with Gasteiger partial charge >= 0.3 is 0 Å². The minimum atomic E-state index is 0.326. The summed E-state index contributed by atoms with van der Waals surface area (Å²) < 4.78 is 0. The number of hydrogen-bond acceptors (Lipinski definition) is 2. The van der Waals surface area contributed by atoms with E-state index in [0.29, 0.717) is 5.76 Å². The first-order chi connectivity index (χ1) is 5.38. The van der Waals surface area contributed by atoms with Crippen molar-refractivity contribution in [1.29, 1.82) is 0 Å². The van der Waals surface area contributed by atoms with Crippen molar-refractivity contribution >= 4 is 5.76 Å². The van der Waals surface area contributed by atoms with Crippen molar-refractivity contribution in [2.24, 2.45) is 0 Å². The van der Waals surface area contributed by atoms with E-state index in [1.165, 1.54) is 0 Å². The first-order valence-electron chi connectivity index (χ1n) is 3.71. The van der Waals surface area contributed by atoms with E-state index in [2.05, 4.69) is 4.98 Å². The smallest absolute Gasteiger partial charge is 0.137 e. The van der Waals surface area contributed by atoms with Crippen molar-refractivity contribution in [2.45, 2.75) is 12.8 Å². The lowest BCUT2D eigenvalue weighted by Crippen LogP contribution is -2.00. The Morgan fingerprint density at radius 2 is 2.36 bits per heavy atom. The molecule has 0 unspecified atom stereocenters. The van der Waals surface area contributed by atoms with E-state index in [0.717, 1.165) is 24.1 Å². The summed E-state index contributed by atoms with van der Waals surface area (Å²) in [7, 11) is 0. The van der Waals surface area contributed by atoms with Gasteiger partial charge in [-0.25, -0.2) is 0 Å². The summed E-state index contributed by atoms with van der Waals surface area (Å²) in [6.45, 7) is 0. The zero-order valence-corrected chi connectivity index (χ0v) is 6.12. The highest BCUT2D eigenvalue weighted by Crippen LogP contribution is 2.21. The second-order valence-corrected chi connectivity index (χ2v) is 2.64. The van der Waals surface area contributed by atoms with E-state index in [1.807, 2.05) is 18.2 Å². The second-order valence-electron chi connectivity index (χ2n) is 2.64. The molecule has 0 bridgehead atoms. The molecule has 56 valence electrons. The van der Waals surface area contributed by atoms with Crippen molar-refractivity contribution in [3.63, 3.8) is 0 Å². The van der Waals surface area contributed by atoms with Gasteiger partial charge in [-0.15, -0.1) is 0 Å². The minimum Gasteiger partial charge on any atom is -0.506 e. The Morgan fingerprint density at radius 3 is 3.18 bits per heavy atom. The first-order valence-corrected chi connectivity index (χ1v) is 3.71. The maximum Gasteiger partial charge on any atom is 0.137 e. The molecular weight excluding hydrogens is 138 g/mol. The lowest BCUT2D eigenvalue weighted by Gasteiger charge is -2.10. The summed E-state index contributed by atoms with van der Waals surface area (Å²) in [6.07, 6.45) is 5.43. The van der Waals surface area contributed by atoms with Crippen LogP contribution in [0.2, 0.25) is 0 Å². The van der Waals surface area contributed by atoms with Crippen LogP contribution in [0.4, 0.5) is 0 Å². The van der Waals surface area contributed by atoms with Crippen molar-refractivity contribution in [2.75, 3.05) is 0 Å². The maximum atomic E-state index is 9.36. The van der Waals surface area contributed by atoms with Gasteiger partial charge in [0.05, 0.1) is 0 Å².